The van der Waals surface area contributed by atoms with Crippen LogP contribution in [0.15, 0.2) is 54.6 Å². The number of piperidine rings is 1. The molecule has 8 nitrogen and oxygen atoms in total. The van der Waals surface area contributed by atoms with E-state index in [1.807, 2.05) is 49.2 Å². The van der Waals surface area contributed by atoms with Gasteiger partial charge in [0.2, 0.25) is 5.91 Å². The van der Waals surface area contributed by atoms with E-state index in [1.54, 1.807) is 29.7 Å². The third-order valence-corrected chi connectivity index (χ3v) is 6.02. The first kappa shape index (κ1) is 22.7. The second-order valence-electron chi connectivity index (χ2n) is 8.47. The zero-order chi connectivity index (χ0) is 23.4. The monoisotopic (exact) mass is 448 g/mol. The standard InChI is InChI=1S/C25H28N4O4/c1-16-13-18(20-5-3-4-6-22(20)26-16)15-33-19-9-7-17(8-10-19)24(30)27-23-14-29(2)12-11-21(23)25(31)28-32/h3-10,13,21,23,32H,11-12,14-15H2,1-2H3,(H,27,30)(H,28,31)/t21-,23-/m0/s1. The van der Waals surface area contributed by atoms with Crippen molar-refractivity contribution >= 4 is 22.7 Å². The van der Waals surface area contributed by atoms with Crippen LogP contribution in [0.2, 0.25) is 0 Å². The lowest BCUT2D eigenvalue weighted by Gasteiger charge is -2.35. The number of benzene rings is 2. The zero-order valence-corrected chi connectivity index (χ0v) is 18.7. The molecule has 0 saturated carbocycles. The molecule has 0 aliphatic carbocycles. The average molecular weight is 449 g/mol. The molecule has 1 aliphatic rings. The van der Waals surface area contributed by atoms with Crippen molar-refractivity contribution in [3.63, 3.8) is 0 Å². The molecular formula is C25H28N4O4. The Bertz CT molecular complexity index is 1150. The number of pyridine rings is 1. The number of nitrogens with zero attached hydrogens (tertiary/aromatic N) is 2. The predicted octanol–water partition coefficient (Wildman–Crippen LogP) is 2.68. The van der Waals surface area contributed by atoms with E-state index in [0.29, 0.717) is 30.9 Å². The molecule has 3 N–H and O–H groups in total. The number of hydrogen-bond acceptors (Lipinski definition) is 6. The number of aromatic nitrogens is 1. The molecule has 1 aliphatic heterocycles. The largest absolute Gasteiger partial charge is 0.489 e. The van der Waals surface area contributed by atoms with E-state index in [4.69, 9.17) is 9.94 Å². The van der Waals surface area contributed by atoms with Gasteiger partial charge in [-0.15, -0.1) is 0 Å². The fourth-order valence-corrected chi connectivity index (χ4v) is 4.29. The summed E-state index contributed by atoms with van der Waals surface area (Å²) in [6, 6.07) is 16.5. The molecule has 0 radical (unpaired) electrons. The molecule has 0 spiro atoms. The van der Waals surface area contributed by atoms with Crippen molar-refractivity contribution in [1.29, 1.82) is 0 Å². The number of carbonyl (C=O) groups excluding carboxylic acids is 2. The molecule has 2 atom stereocenters. The van der Waals surface area contributed by atoms with Crippen molar-refractivity contribution in [3.05, 3.63) is 71.4 Å². The van der Waals surface area contributed by atoms with Crippen molar-refractivity contribution < 1.29 is 19.5 Å². The van der Waals surface area contributed by atoms with Crippen molar-refractivity contribution in [2.45, 2.75) is 26.0 Å². The van der Waals surface area contributed by atoms with Crippen LogP contribution in [0.5, 0.6) is 5.75 Å². The highest BCUT2D eigenvalue weighted by Gasteiger charge is 2.34. The number of nitrogens with one attached hydrogen (secondary N) is 2. The summed E-state index contributed by atoms with van der Waals surface area (Å²) in [6.07, 6.45) is 0.559. The van der Waals surface area contributed by atoms with Crippen LogP contribution in [-0.2, 0) is 11.4 Å². The molecule has 1 fully saturated rings. The number of hydrogen-bond donors (Lipinski definition) is 3. The highest BCUT2D eigenvalue weighted by Crippen LogP contribution is 2.22. The molecule has 2 aromatic carbocycles. The molecule has 2 heterocycles. The zero-order valence-electron chi connectivity index (χ0n) is 18.7. The van der Waals surface area contributed by atoms with Gasteiger partial charge in [-0.25, -0.2) is 5.48 Å². The quantitative estimate of drug-likeness (QED) is 0.396. The first-order valence-corrected chi connectivity index (χ1v) is 11.0. The number of hydroxylamine groups is 1. The molecule has 8 heteroatoms. The van der Waals surface area contributed by atoms with E-state index in [0.717, 1.165) is 28.7 Å². The van der Waals surface area contributed by atoms with E-state index >= 15 is 0 Å². The molecule has 33 heavy (non-hydrogen) atoms. The number of fused-ring (bicyclic) bond motifs is 1. The Balaban J connectivity index is 1.41. The maximum Gasteiger partial charge on any atom is 0.251 e. The van der Waals surface area contributed by atoms with Gasteiger partial charge in [-0.1, -0.05) is 18.2 Å². The molecule has 4 rings (SSSR count). The maximum absolute atomic E-state index is 12.8. The Labute approximate surface area is 192 Å². The van der Waals surface area contributed by atoms with Crippen molar-refractivity contribution in [1.82, 2.24) is 20.7 Å². The highest BCUT2D eigenvalue weighted by molar-refractivity contribution is 5.95. The third-order valence-electron chi connectivity index (χ3n) is 6.02. The van der Waals surface area contributed by atoms with Crippen molar-refractivity contribution in [3.8, 4) is 5.75 Å². The fourth-order valence-electron chi connectivity index (χ4n) is 4.29. The molecular weight excluding hydrogens is 420 g/mol. The van der Waals surface area contributed by atoms with E-state index in [2.05, 4.69) is 10.3 Å². The number of carbonyl (C=O) groups is 2. The van der Waals surface area contributed by atoms with E-state index in [-0.39, 0.29) is 11.9 Å². The van der Waals surface area contributed by atoms with E-state index in [9.17, 15) is 9.59 Å². The molecule has 0 unspecified atom stereocenters. The van der Waals surface area contributed by atoms with Crippen LogP contribution in [0, 0.1) is 12.8 Å². The molecule has 1 aromatic heterocycles. The van der Waals surface area contributed by atoms with Crippen molar-refractivity contribution in [2.24, 2.45) is 5.92 Å². The van der Waals surface area contributed by atoms with Gasteiger partial charge in [0.25, 0.3) is 5.91 Å². The first-order chi connectivity index (χ1) is 15.9. The van der Waals surface area contributed by atoms with Crippen LogP contribution < -0.4 is 15.5 Å². The topological polar surface area (TPSA) is 104 Å². The molecule has 1 saturated heterocycles. The van der Waals surface area contributed by atoms with Gasteiger partial charge < -0.3 is 15.0 Å². The summed E-state index contributed by atoms with van der Waals surface area (Å²) in [6.45, 7) is 3.61. The summed E-state index contributed by atoms with van der Waals surface area (Å²) in [5.41, 5.74) is 5.11. The minimum Gasteiger partial charge on any atom is -0.489 e. The van der Waals surface area contributed by atoms with Crippen LogP contribution in [0.3, 0.4) is 0 Å². The minimum atomic E-state index is -0.476. The molecule has 0 bridgehead atoms. The first-order valence-electron chi connectivity index (χ1n) is 11.0. The van der Waals surface area contributed by atoms with Gasteiger partial charge in [0.1, 0.15) is 12.4 Å². The second-order valence-corrected chi connectivity index (χ2v) is 8.47. The lowest BCUT2D eigenvalue weighted by atomic mass is 9.91. The fraction of sp³-hybridized carbons (Fsp3) is 0.320. The van der Waals surface area contributed by atoms with Gasteiger partial charge in [-0.2, -0.15) is 0 Å². The molecule has 2 amide bonds. The average Bonchev–Trinajstić information content (AvgIpc) is 2.82. The number of likely N-dealkylation sites (N-methyl/N-ethyl adjacent to an activating group) is 1. The summed E-state index contributed by atoms with van der Waals surface area (Å²) in [4.78, 5) is 31.4. The van der Waals surface area contributed by atoms with Crippen LogP contribution in [0.1, 0.15) is 28.0 Å². The SMILES string of the molecule is Cc1cc(COc2ccc(C(=O)N[C@H]3CN(C)CC[C@@H]3C(=O)NO)cc2)c2ccccc2n1. The number of amides is 2. The minimum absolute atomic E-state index is 0.270. The Hall–Kier alpha value is -3.49. The summed E-state index contributed by atoms with van der Waals surface area (Å²) < 4.78 is 5.97. The van der Waals surface area contributed by atoms with Crippen molar-refractivity contribution in [2.75, 3.05) is 20.1 Å². The Kier molecular flexibility index (Phi) is 6.86. The lowest BCUT2D eigenvalue weighted by Crippen LogP contribution is -2.55. The molecule has 3 aromatic rings. The highest BCUT2D eigenvalue weighted by atomic mass is 16.5. The Morgan fingerprint density at radius 1 is 1.18 bits per heavy atom. The third kappa shape index (κ3) is 5.30. The van der Waals surface area contributed by atoms with Gasteiger partial charge in [-0.05, 0) is 63.3 Å². The summed E-state index contributed by atoms with van der Waals surface area (Å²) >= 11 is 0. The van der Waals surface area contributed by atoms with Crippen LogP contribution >= 0.6 is 0 Å². The van der Waals surface area contributed by atoms with Gasteiger partial charge in [0.05, 0.1) is 17.5 Å². The van der Waals surface area contributed by atoms with Gasteiger partial charge in [-0.3, -0.25) is 19.8 Å². The normalized spacial score (nSPS) is 18.6. The molecule has 172 valence electrons. The van der Waals surface area contributed by atoms with E-state index < -0.39 is 11.8 Å². The van der Waals surface area contributed by atoms with Gasteiger partial charge in [0, 0.05) is 28.8 Å². The number of rotatable bonds is 6. The smallest absolute Gasteiger partial charge is 0.251 e. The predicted molar refractivity (Wildman–Crippen MR) is 124 cm³/mol. The Morgan fingerprint density at radius 2 is 1.94 bits per heavy atom. The number of aryl methyl sites for hydroxylation is 1. The Morgan fingerprint density at radius 3 is 2.70 bits per heavy atom. The van der Waals surface area contributed by atoms with Crippen LogP contribution in [-0.4, -0.2) is 53.1 Å². The van der Waals surface area contributed by atoms with Crippen LogP contribution in [0.25, 0.3) is 10.9 Å². The lowest BCUT2D eigenvalue weighted by molar-refractivity contribution is -0.135. The van der Waals surface area contributed by atoms with Gasteiger partial charge in [0.15, 0.2) is 0 Å². The van der Waals surface area contributed by atoms with Crippen LogP contribution in [0.4, 0.5) is 0 Å². The second kappa shape index (κ2) is 9.97. The van der Waals surface area contributed by atoms with Gasteiger partial charge >= 0.3 is 0 Å². The van der Waals surface area contributed by atoms with E-state index in [1.165, 1.54) is 0 Å². The number of likely N-dealkylation sites (tertiary alicyclic amines) is 1. The number of para-hydroxylation sites is 1. The number of ether oxygens (including phenoxy) is 1. The summed E-state index contributed by atoms with van der Waals surface area (Å²) in [5.74, 6) is -0.569. The maximum atomic E-state index is 12.8. The summed E-state index contributed by atoms with van der Waals surface area (Å²) in [7, 11) is 1.94. The summed E-state index contributed by atoms with van der Waals surface area (Å²) in [5, 5.41) is 13.0.